The van der Waals surface area contributed by atoms with E-state index in [1.807, 2.05) is 6.07 Å². The highest BCUT2D eigenvalue weighted by Gasteiger charge is 2.18. The molecule has 0 radical (unpaired) electrons. The largest absolute Gasteiger partial charge is 0.390 e. The van der Waals surface area contributed by atoms with Gasteiger partial charge >= 0.3 is 0 Å². The molecule has 0 saturated carbocycles. The zero-order chi connectivity index (χ0) is 20.5. The van der Waals surface area contributed by atoms with Crippen molar-refractivity contribution in [2.75, 3.05) is 32.7 Å². The Morgan fingerprint density at radius 2 is 1.77 bits per heavy atom. The van der Waals surface area contributed by atoms with Gasteiger partial charge in [-0.05, 0) is 36.0 Å². The minimum absolute atomic E-state index is 0. The summed E-state index contributed by atoms with van der Waals surface area (Å²) in [4.78, 5) is 6.93. The molecule has 3 rings (SSSR count). The van der Waals surface area contributed by atoms with Crippen LogP contribution in [0.15, 0.2) is 59.6 Å². The maximum absolute atomic E-state index is 10.5. The van der Waals surface area contributed by atoms with E-state index in [0.717, 1.165) is 38.6 Å². The summed E-state index contributed by atoms with van der Waals surface area (Å²) >= 11 is 0. The first-order valence-electron chi connectivity index (χ1n) is 10.7. The van der Waals surface area contributed by atoms with Crippen LogP contribution in [0, 0.1) is 0 Å². The predicted octanol–water partition coefficient (Wildman–Crippen LogP) is 3.38. The molecule has 2 aromatic carbocycles. The Morgan fingerprint density at radius 1 is 1.07 bits per heavy atom. The van der Waals surface area contributed by atoms with Gasteiger partial charge in [-0.15, -0.1) is 24.0 Å². The lowest BCUT2D eigenvalue weighted by atomic mass is 10.00. The fourth-order valence-electron chi connectivity index (χ4n) is 3.75. The number of benzene rings is 2. The number of nitrogens with zero attached hydrogens (tertiary/aromatic N) is 2. The van der Waals surface area contributed by atoms with E-state index in [1.165, 1.54) is 16.7 Å². The summed E-state index contributed by atoms with van der Waals surface area (Å²) in [6, 6.07) is 19.1. The topological polar surface area (TPSA) is 59.9 Å². The molecular formula is C24H35IN4O. The lowest BCUT2D eigenvalue weighted by Gasteiger charge is -2.30. The van der Waals surface area contributed by atoms with Crippen molar-refractivity contribution in [3.05, 3.63) is 71.3 Å². The summed E-state index contributed by atoms with van der Waals surface area (Å²) in [5.74, 6) is 1.15. The number of aliphatic imine (C=N–C) groups is 1. The molecule has 30 heavy (non-hydrogen) atoms. The highest BCUT2D eigenvalue weighted by Crippen LogP contribution is 2.18. The molecule has 164 valence electrons. The van der Waals surface area contributed by atoms with E-state index < -0.39 is 6.10 Å². The summed E-state index contributed by atoms with van der Waals surface area (Å²) in [6.45, 7) is 8.80. The third-order valence-electron chi connectivity index (χ3n) is 5.43. The molecule has 1 heterocycles. The van der Waals surface area contributed by atoms with Crippen molar-refractivity contribution < 1.29 is 5.11 Å². The van der Waals surface area contributed by atoms with Gasteiger partial charge < -0.3 is 15.7 Å². The molecule has 2 atom stereocenters. The van der Waals surface area contributed by atoms with E-state index >= 15 is 0 Å². The van der Waals surface area contributed by atoms with Gasteiger partial charge in [-0.1, -0.05) is 61.5 Å². The molecule has 0 spiro atoms. The van der Waals surface area contributed by atoms with E-state index in [4.69, 9.17) is 0 Å². The van der Waals surface area contributed by atoms with Crippen molar-refractivity contribution >= 4 is 29.9 Å². The summed E-state index contributed by atoms with van der Waals surface area (Å²) in [5, 5.41) is 17.2. The van der Waals surface area contributed by atoms with E-state index in [2.05, 4.69) is 82.9 Å². The standard InChI is InChI=1S/C24H34N4O.HI/c1-3-25-24(26-15-19(2)20-9-5-4-6-10-20)27-16-23(29)18-28-14-13-21-11-7-8-12-22(21)17-28;/h4-12,19,23,29H,3,13-18H2,1-2H3,(H2,25,26,27);1H. The number of hydrogen-bond acceptors (Lipinski definition) is 3. The molecule has 5 nitrogen and oxygen atoms in total. The van der Waals surface area contributed by atoms with Gasteiger partial charge in [-0.25, -0.2) is 0 Å². The zero-order valence-corrected chi connectivity index (χ0v) is 20.4. The maximum atomic E-state index is 10.5. The third kappa shape index (κ3) is 7.56. The molecule has 0 aromatic heterocycles. The molecule has 2 unspecified atom stereocenters. The predicted molar refractivity (Wildman–Crippen MR) is 136 cm³/mol. The van der Waals surface area contributed by atoms with Crippen LogP contribution in [0.1, 0.15) is 36.5 Å². The van der Waals surface area contributed by atoms with E-state index in [0.29, 0.717) is 19.0 Å². The van der Waals surface area contributed by atoms with Crippen LogP contribution in [0.25, 0.3) is 0 Å². The summed E-state index contributed by atoms with van der Waals surface area (Å²) in [7, 11) is 0. The Morgan fingerprint density at radius 3 is 2.50 bits per heavy atom. The number of fused-ring (bicyclic) bond motifs is 1. The molecular weight excluding hydrogens is 487 g/mol. The Kier molecular flexibility index (Phi) is 10.6. The molecule has 2 aromatic rings. The van der Waals surface area contributed by atoms with Crippen LogP contribution in [-0.4, -0.2) is 54.8 Å². The van der Waals surface area contributed by atoms with Crippen molar-refractivity contribution in [2.45, 2.75) is 38.8 Å². The highest BCUT2D eigenvalue weighted by molar-refractivity contribution is 14.0. The summed E-state index contributed by atoms with van der Waals surface area (Å²) in [6.07, 6.45) is 0.579. The number of halogens is 1. The second-order valence-electron chi connectivity index (χ2n) is 7.82. The van der Waals surface area contributed by atoms with Gasteiger partial charge in [0.05, 0.1) is 12.6 Å². The molecule has 0 saturated heterocycles. The van der Waals surface area contributed by atoms with Crippen LogP contribution in [-0.2, 0) is 13.0 Å². The van der Waals surface area contributed by atoms with Crippen molar-refractivity contribution in [2.24, 2.45) is 4.99 Å². The van der Waals surface area contributed by atoms with Gasteiger partial charge in [0.2, 0.25) is 0 Å². The molecule has 1 aliphatic rings. The smallest absolute Gasteiger partial charge is 0.191 e. The first kappa shape index (κ1) is 24.6. The van der Waals surface area contributed by atoms with Crippen LogP contribution in [0.4, 0.5) is 0 Å². The lowest BCUT2D eigenvalue weighted by molar-refractivity contribution is 0.111. The second-order valence-corrected chi connectivity index (χ2v) is 7.82. The number of hydrogen-bond donors (Lipinski definition) is 3. The molecule has 0 aliphatic carbocycles. The van der Waals surface area contributed by atoms with Gasteiger partial charge in [-0.2, -0.15) is 0 Å². The Hall–Kier alpha value is -1.64. The minimum atomic E-state index is -0.470. The van der Waals surface area contributed by atoms with Crippen molar-refractivity contribution in [3.8, 4) is 0 Å². The lowest BCUT2D eigenvalue weighted by Crippen LogP contribution is -2.41. The van der Waals surface area contributed by atoms with Crippen LogP contribution >= 0.6 is 24.0 Å². The zero-order valence-electron chi connectivity index (χ0n) is 18.1. The van der Waals surface area contributed by atoms with Gasteiger partial charge in [-0.3, -0.25) is 9.89 Å². The van der Waals surface area contributed by atoms with Crippen molar-refractivity contribution in [3.63, 3.8) is 0 Å². The van der Waals surface area contributed by atoms with E-state index in [-0.39, 0.29) is 24.0 Å². The minimum Gasteiger partial charge on any atom is -0.390 e. The fraction of sp³-hybridized carbons (Fsp3) is 0.458. The van der Waals surface area contributed by atoms with Crippen LogP contribution in [0.2, 0.25) is 0 Å². The molecule has 0 bridgehead atoms. The van der Waals surface area contributed by atoms with Gasteiger partial charge in [0.1, 0.15) is 0 Å². The molecule has 0 fully saturated rings. The van der Waals surface area contributed by atoms with Crippen LogP contribution < -0.4 is 10.6 Å². The number of guanidine groups is 1. The second kappa shape index (κ2) is 12.9. The fourth-order valence-corrected chi connectivity index (χ4v) is 3.75. The molecule has 1 aliphatic heterocycles. The third-order valence-corrected chi connectivity index (χ3v) is 5.43. The first-order valence-corrected chi connectivity index (χ1v) is 10.7. The quantitative estimate of drug-likeness (QED) is 0.283. The van der Waals surface area contributed by atoms with Gasteiger partial charge in [0.25, 0.3) is 0 Å². The van der Waals surface area contributed by atoms with Gasteiger partial charge in [0, 0.05) is 32.7 Å². The average molecular weight is 522 g/mol. The normalized spacial score (nSPS) is 16.2. The Balaban J connectivity index is 0.00000320. The van der Waals surface area contributed by atoms with Crippen LogP contribution in [0.5, 0.6) is 0 Å². The number of β-amino-alcohol motifs (C(OH)–C–C–N with tert-alkyl or cyclic N) is 1. The van der Waals surface area contributed by atoms with E-state index in [1.54, 1.807) is 0 Å². The SMILES string of the molecule is CCNC(=NCC(O)CN1CCc2ccccc2C1)NCC(C)c1ccccc1.I. The van der Waals surface area contributed by atoms with Crippen molar-refractivity contribution in [1.29, 1.82) is 0 Å². The van der Waals surface area contributed by atoms with E-state index in [9.17, 15) is 5.11 Å². The Labute approximate surface area is 198 Å². The Bertz CT molecular complexity index is 784. The molecule has 3 N–H and O–H groups in total. The summed E-state index contributed by atoms with van der Waals surface area (Å²) < 4.78 is 0. The van der Waals surface area contributed by atoms with Crippen LogP contribution in [0.3, 0.4) is 0 Å². The summed E-state index contributed by atoms with van der Waals surface area (Å²) in [5.41, 5.74) is 4.11. The number of aliphatic hydroxyl groups is 1. The first-order chi connectivity index (χ1) is 14.2. The number of nitrogens with one attached hydrogen (secondary N) is 2. The van der Waals surface area contributed by atoms with Crippen molar-refractivity contribution in [1.82, 2.24) is 15.5 Å². The average Bonchev–Trinajstić information content (AvgIpc) is 2.76. The number of rotatable bonds is 8. The number of aliphatic hydroxyl groups excluding tert-OH is 1. The molecule has 6 heteroatoms. The maximum Gasteiger partial charge on any atom is 0.191 e. The highest BCUT2D eigenvalue weighted by atomic mass is 127. The van der Waals surface area contributed by atoms with Gasteiger partial charge in [0.15, 0.2) is 5.96 Å². The monoisotopic (exact) mass is 522 g/mol. The molecule has 0 amide bonds.